The van der Waals surface area contributed by atoms with Crippen molar-refractivity contribution in [2.45, 2.75) is 197 Å². The number of rotatable bonds is 8. The van der Waals surface area contributed by atoms with E-state index in [1.807, 2.05) is 0 Å². The van der Waals surface area contributed by atoms with Crippen molar-refractivity contribution in [1.82, 2.24) is 9.80 Å². The third-order valence-electron chi connectivity index (χ3n) is 12.0. The lowest BCUT2D eigenvalue weighted by Crippen LogP contribution is -2.43. The summed E-state index contributed by atoms with van der Waals surface area (Å²) >= 11 is 3.98. The minimum atomic E-state index is -1.84. The summed E-state index contributed by atoms with van der Waals surface area (Å²) in [5, 5.41) is 0. The third kappa shape index (κ3) is 14.6. The first-order chi connectivity index (χ1) is 22.0. The molecule has 7 atom stereocenters. The molecule has 47 heavy (non-hydrogen) atoms. The van der Waals surface area contributed by atoms with Crippen molar-refractivity contribution in [2.24, 2.45) is 11.8 Å². The minimum absolute atomic E-state index is 0.306. The van der Waals surface area contributed by atoms with Crippen LogP contribution in [0.25, 0.3) is 0 Å². The second-order valence-corrected chi connectivity index (χ2v) is 37.2. The molecule has 0 aliphatic carbocycles. The fraction of sp³-hybridized carbons (Fsp3) is 1.00. The summed E-state index contributed by atoms with van der Waals surface area (Å²) in [4.78, 5) is 5.64. The molecule has 0 aromatic carbocycles. The van der Waals surface area contributed by atoms with Gasteiger partial charge < -0.3 is 13.3 Å². The summed E-state index contributed by atoms with van der Waals surface area (Å²) in [6.45, 7) is 28.4. The Labute approximate surface area is 305 Å². The smallest absolute Gasteiger partial charge is 0.187 e. The van der Waals surface area contributed by atoms with Gasteiger partial charge in [0.2, 0.25) is 0 Å². The molecule has 278 valence electrons. The van der Waals surface area contributed by atoms with Crippen molar-refractivity contribution in [3.63, 3.8) is 0 Å². The van der Waals surface area contributed by atoms with Crippen LogP contribution in [0.4, 0.5) is 0 Å². The molecular formula is C37H79BrN2O3Si4. The van der Waals surface area contributed by atoms with E-state index in [0.717, 1.165) is 26.1 Å². The van der Waals surface area contributed by atoms with Crippen LogP contribution in [0.3, 0.4) is 0 Å². The quantitative estimate of drug-likeness (QED) is 0.139. The molecule has 7 unspecified atom stereocenters. The minimum Gasteiger partial charge on any atom is -0.414 e. The molecule has 3 saturated heterocycles. The fourth-order valence-electron chi connectivity index (χ4n) is 9.33. The first-order valence-corrected chi connectivity index (χ1v) is 33.2. The number of hydrogen-bond acceptors (Lipinski definition) is 5. The summed E-state index contributed by atoms with van der Waals surface area (Å²) in [5.41, 5.74) is 0. The zero-order chi connectivity index (χ0) is 34.9. The summed E-state index contributed by atoms with van der Waals surface area (Å²) < 4.78 is 22.0. The molecule has 0 radical (unpaired) electrons. The van der Waals surface area contributed by atoms with Gasteiger partial charge in [-0.2, -0.15) is 0 Å². The van der Waals surface area contributed by atoms with E-state index >= 15 is 0 Å². The van der Waals surface area contributed by atoms with Gasteiger partial charge in [-0.1, -0.05) is 99.9 Å². The van der Waals surface area contributed by atoms with Gasteiger partial charge in [0.1, 0.15) is 0 Å². The van der Waals surface area contributed by atoms with E-state index in [1.165, 1.54) is 100 Å². The Morgan fingerprint density at radius 3 is 1.79 bits per heavy atom. The second-order valence-electron chi connectivity index (χ2n) is 18.4. The van der Waals surface area contributed by atoms with Crippen LogP contribution in [-0.2, 0) is 13.3 Å². The van der Waals surface area contributed by atoms with Crippen molar-refractivity contribution >= 4 is 49.0 Å². The Morgan fingerprint density at radius 2 is 1.26 bits per heavy atom. The molecule has 0 N–H and O–H groups in total. The number of hydrogen-bond donors (Lipinski definition) is 0. The summed E-state index contributed by atoms with van der Waals surface area (Å²) in [7, 11) is -4.64. The highest BCUT2D eigenvalue weighted by Gasteiger charge is 2.40. The monoisotopic (exact) mass is 790 g/mol. The lowest BCUT2D eigenvalue weighted by molar-refractivity contribution is 0.0402. The van der Waals surface area contributed by atoms with E-state index < -0.39 is 33.0 Å². The van der Waals surface area contributed by atoms with Gasteiger partial charge in [-0.3, -0.25) is 9.80 Å². The summed E-state index contributed by atoms with van der Waals surface area (Å²) in [5.74, 6) is 1.03. The maximum Gasteiger partial charge on any atom is 0.187 e. The molecule has 2 bridgehead atoms. The van der Waals surface area contributed by atoms with Crippen LogP contribution in [0.15, 0.2) is 0 Å². The molecule has 10 heteroatoms. The topological polar surface area (TPSA) is 34.2 Å². The molecule has 3 aliphatic heterocycles. The van der Waals surface area contributed by atoms with Gasteiger partial charge in [0.15, 0.2) is 25.0 Å². The maximum atomic E-state index is 7.47. The van der Waals surface area contributed by atoms with Crippen LogP contribution >= 0.6 is 15.9 Å². The molecule has 0 aromatic rings. The highest BCUT2D eigenvalue weighted by atomic mass is 79.9. The molecular weight excluding hydrogens is 713 g/mol. The SMILES string of the molecule is CCCC1CC(C)C2CC(C)C(CCC)O[Si](C)(C)CCC[Si](CCCN3CN(C)CC3Br)(CCC[Si](C)(C)O1)CCC[Si](C)(C)O2. The van der Waals surface area contributed by atoms with Crippen LogP contribution in [-0.4, -0.2) is 92.9 Å². The van der Waals surface area contributed by atoms with Crippen molar-refractivity contribution in [3.8, 4) is 0 Å². The molecule has 0 amide bonds. The van der Waals surface area contributed by atoms with Crippen LogP contribution < -0.4 is 0 Å². The van der Waals surface area contributed by atoms with Crippen LogP contribution in [0, 0.1) is 11.8 Å². The van der Waals surface area contributed by atoms with Gasteiger partial charge in [-0.15, -0.1) is 0 Å². The molecule has 3 heterocycles. The number of alkyl halides is 1. The number of nitrogens with zero attached hydrogens (tertiary/aromatic N) is 2. The Hall–Kier alpha value is 1.15. The normalized spacial score (nSPS) is 37.0. The first kappa shape index (κ1) is 42.6. The fourth-order valence-corrected chi connectivity index (χ4v) is 23.3. The van der Waals surface area contributed by atoms with E-state index in [2.05, 4.69) is 99.8 Å². The average molecular weight is 792 g/mol. The van der Waals surface area contributed by atoms with Crippen molar-refractivity contribution in [3.05, 3.63) is 0 Å². The van der Waals surface area contributed by atoms with E-state index in [4.69, 9.17) is 13.3 Å². The molecule has 0 spiro atoms. The van der Waals surface area contributed by atoms with E-state index in [-0.39, 0.29) is 0 Å². The molecule has 0 saturated carbocycles. The van der Waals surface area contributed by atoms with Gasteiger partial charge in [-0.05, 0) is 108 Å². The summed E-state index contributed by atoms with van der Waals surface area (Å²) in [6, 6.07) is 9.98. The number of halogens is 1. The lowest BCUT2D eigenvalue weighted by atomic mass is 9.87. The molecule has 0 aromatic heterocycles. The predicted octanol–water partition coefficient (Wildman–Crippen LogP) is 11.4. The van der Waals surface area contributed by atoms with Crippen molar-refractivity contribution in [2.75, 3.05) is 26.8 Å². The highest BCUT2D eigenvalue weighted by molar-refractivity contribution is 9.09. The van der Waals surface area contributed by atoms with E-state index in [9.17, 15) is 0 Å². The molecule has 5 nitrogen and oxygen atoms in total. The van der Waals surface area contributed by atoms with E-state index in [1.54, 1.807) is 0 Å². The average Bonchev–Trinajstić information content (AvgIpc) is 3.26. The number of fused-ring (bicyclic) bond motifs is 6. The third-order valence-corrected chi connectivity index (χ3v) is 26.1. The predicted molar refractivity (Wildman–Crippen MR) is 219 cm³/mol. The largest absolute Gasteiger partial charge is 0.414 e. The van der Waals surface area contributed by atoms with Crippen LogP contribution in [0.2, 0.25) is 81.6 Å². The lowest BCUT2D eigenvalue weighted by Gasteiger charge is -2.39. The standard InChI is InChI=1S/C37H79BrN2O3Si4/c1-12-18-34-28-32(3)36-29-33(4)35(19-13-2)42-45(8,9)22-16-26-47(25-15-21-44(6,7)41-34,27-17-23-46(10,11)43-36)24-14-20-40-31-39(5)30-37(40)38/h32-37H,12-31H2,1-11H3. The maximum absolute atomic E-state index is 7.47. The summed E-state index contributed by atoms with van der Waals surface area (Å²) in [6.07, 6.45) is 13.6. The van der Waals surface area contributed by atoms with Gasteiger partial charge in [0.25, 0.3) is 0 Å². The second kappa shape index (κ2) is 19.3. The van der Waals surface area contributed by atoms with Crippen LogP contribution in [0.5, 0.6) is 0 Å². The zero-order valence-corrected chi connectivity index (χ0v) is 38.7. The van der Waals surface area contributed by atoms with Crippen molar-refractivity contribution < 1.29 is 13.3 Å². The molecule has 3 fully saturated rings. The zero-order valence-electron chi connectivity index (χ0n) is 33.1. The Bertz CT molecular complexity index is 915. The number of likely N-dealkylation sites (N-methyl/N-ethyl adjacent to an activating group) is 1. The van der Waals surface area contributed by atoms with Crippen molar-refractivity contribution in [1.29, 1.82) is 0 Å². The first-order valence-electron chi connectivity index (χ1n) is 20.1. The molecule has 3 aliphatic rings. The highest BCUT2D eigenvalue weighted by Crippen LogP contribution is 2.40. The van der Waals surface area contributed by atoms with Gasteiger partial charge in [-0.25, -0.2) is 0 Å². The Morgan fingerprint density at radius 1 is 0.702 bits per heavy atom. The molecule has 3 rings (SSSR count). The van der Waals surface area contributed by atoms with E-state index in [0.29, 0.717) is 35.1 Å². The van der Waals surface area contributed by atoms with Gasteiger partial charge >= 0.3 is 0 Å². The van der Waals surface area contributed by atoms with Crippen LogP contribution in [0.1, 0.15) is 91.9 Å². The van der Waals surface area contributed by atoms with Gasteiger partial charge in [0.05, 0.1) is 19.7 Å². The Kier molecular flexibility index (Phi) is 17.5. The van der Waals surface area contributed by atoms with Gasteiger partial charge in [0, 0.05) is 31.4 Å². The Balaban J connectivity index is 2.00.